The Balaban J connectivity index is 1.97. The number of carboxylic acids is 1. The van der Waals surface area contributed by atoms with Crippen LogP contribution in [0.4, 0.5) is 0 Å². The van der Waals surface area contributed by atoms with Crippen molar-refractivity contribution in [3.63, 3.8) is 0 Å². The smallest absolute Gasteiger partial charge is 0.331 e. The zero-order chi connectivity index (χ0) is 30.2. The molecule has 2 atom stereocenters. The largest absolute Gasteiger partial charge is 0.487 e. The van der Waals surface area contributed by atoms with Crippen LogP contribution in [-0.4, -0.2) is 76.0 Å². The molecule has 0 bridgehead atoms. The van der Waals surface area contributed by atoms with Gasteiger partial charge in [-0.3, -0.25) is 0 Å². The summed E-state index contributed by atoms with van der Waals surface area (Å²) >= 11 is 0. The Kier molecular flexibility index (Phi) is 10.9. The van der Waals surface area contributed by atoms with Crippen molar-refractivity contribution in [3.05, 3.63) is 47.5 Å². The number of methoxy groups -OCH3 is 1. The number of fused-ring (bicyclic) bond motifs is 2. The van der Waals surface area contributed by atoms with Gasteiger partial charge in [0, 0.05) is 0 Å². The third-order valence-corrected chi connectivity index (χ3v) is 6.43. The highest BCUT2D eigenvalue weighted by molar-refractivity contribution is 5.70. The number of carbonyl (C=O) groups excluding carboxylic acids is 1. The number of hydrogen-bond donors (Lipinski definition) is 1. The summed E-state index contributed by atoms with van der Waals surface area (Å²) in [5.41, 5.74) is 1.73. The minimum Gasteiger partial charge on any atom is -0.487 e. The summed E-state index contributed by atoms with van der Waals surface area (Å²) in [6.07, 6.45) is -1.34. The standard InChI is InChI=1S/C31H42O10/c1-30(2,3)20-9-11-25-26(12-20)40-16-22(36-18-28(32)33)14-38-24-10-8-21(31(4,5)6)13-27(24)41-17-23(15-39-25)37-19-29(34)35-7/h8-13,22-23H,14-19H2,1-7H3,(H,32,33). The Morgan fingerprint density at radius 3 is 1.46 bits per heavy atom. The van der Waals surface area contributed by atoms with Crippen molar-refractivity contribution >= 4 is 11.9 Å². The van der Waals surface area contributed by atoms with Gasteiger partial charge in [0.1, 0.15) is 51.8 Å². The maximum atomic E-state index is 11.8. The fourth-order valence-electron chi connectivity index (χ4n) is 3.87. The Morgan fingerprint density at radius 2 is 1.10 bits per heavy atom. The summed E-state index contributed by atoms with van der Waals surface area (Å²) < 4.78 is 40.7. The molecule has 0 saturated heterocycles. The molecule has 226 valence electrons. The number of rotatable bonds is 6. The van der Waals surface area contributed by atoms with Gasteiger partial charge in [0.05, 0.1) is 7.11 Å². The van der Waals surface area contributed by atoms with E-state index in [0.717, 1.165) is 11.1 Å². The highest BCUT2D eigenvalue weighted by Gasteiger charge is 2.24. The topological polar surface area (TPSA) is 119 Å². The number of aliphatic carboxylic acids is 1. The SMILES string of the molecule is COC(=O)COC1COc2ccc(C(C)(C)C)cc2OCC(OCC(=O)O)COc2ccc(C(C)(C)C)cc2OC1. The second-order valence-corrected chi connectivity index (χ2v) is 11.9. The van der Waals surface area contributed by atoms with E-state index >= 15 is 0 Å². The zero-order valence-electron chi connectivity index (χ0n) is 25.0. The van der Waals surface area contributed by atoms with E-state index in [-0.39, 0.29) is 43.9 Å². The molecule has 3 rings (SSSR count). The highest BCUT2D eigenvalue weighted by Crippen LogP contribution is 2.36. The van der Waals surface area contributed by atoms with Crippen molar-refractivity contribution in [3.8, 4) is 23.0 Å². The van der Waals surface area contributed by atoms with E-state index in [1.165, 1.54) is 7.11 Å². The van der Waals surface area contributed by atoms with E-state index < -0.39 is 30.8 Å². The average Bonchev–Trinajstić information content (AvgIpc) is 2.90. The van der Waals surface area contributed by atoms with Crippen LogP contribution >= 0.6 is 0 Å². The Morgan fingerprint density at radius 1 is 0.707 bits per heavy atom. The molecule has 0 fully saturated rings. The van der Waals surface area contributed by atoms with Crippen LogP contribution in [0.15, 0.2) is 36.4 Å². The van der Waals surface area contributed by atoms with Gasteiger partial charge in [-0.1, -0.05) is 53.7 Å². The zero-order valence-corrected chi connectivity index (χ0v) is 25.0. The molecule has 10 nitrogen and oxygen atoms in total. The van der Waals surface area contributed by atoms with Crippen LogP contribution in [-0.2, 0) is 34.6 Å². The fraction of sp³-hybridized carbons (Fsp3) is 0.548. The van der Waals surface area contributed by atoms with Gasteiger partial charge in [-0.15, -0.1) is 0 Å². The molecular formula is C31H42O10. The van der Waals surface area contributed by atoms with Crippen LogP contribution in [0.5, 0.6) is 23.0 Å². The fourth-order valence-corrected chi connectivity index (χ4v) is 3.87. The first-order valence-corrected chi connectivity index (χ1v) is 13.6. The first-order chi connectivity index (χ1) is 19.3. The lowest BCUT2D eigenvalue weighted by Crippen LogP contribution is -2.33. The molecular weight excluding hydrogens is 532 g/mol. The molecule has 0 saturated carbocycles. The highest BCUT2D eigenvalue weighted by atomic mass is 16.6. The van der Waals surface area contributed by atoms with Gasteiger partial charge in [-0.05, 0) is 46.2 Å². The summed E-state index contributed by atoms with van der Waals surface area (Å²) in [4.78, 5) is 23.1. The van der Waals surface area contributed by atoms with Gasteiger partial charge in [-0.2, -0.15) is 0 Å². The second kappa shape index (κ2) is 13.9. The van der Waals surface area contributed by atoms with Crippen molar-refractivity contribution < 1.29 is 47.9 Å². The summed E-state index contributed by atoms with van der Waals surface area (Å²) in [6.45, 7) is 11.9. The van der Waals surface area contributed by atoms with E-state index in [9.17, 15) is 14.7 Å². The third-order valence-electron chi connectivity index (χ3n) is 6.43. The number of ether oxygens (including phenoxy) is 7. The van der Waals surface area contributed by atoms with Crippen molar-refractivity contribution in [1.82, 2.24) is 0 Å². The van der Waals surface area contributed by atoms with Gasteiger partial charge in [0.2, 0.25) is 0 Å². The van der Waals surface area contributed by atoms with E-state index in [4.69, 9.17) is 33.2 Å². The predicted octanol–water partition coefficient (Wildman–Crippen LogP) is 4.54. The first kappa shape index (κ1) is 32.0. The Hall–Kier alpha value is -3.50. The van der Waals surface area contributed by atoms with Gasteiger partial charge < -0.3 is 38.3 Å². The molecule has 2 aromatic carbocycles. The van der Waals surface area contributed by atoms with E-state index in [2.05, 4.69) is 41.5 Å². The molecule has 0 spiro atoms. The molecule has 1 N–H and O–H groups in total. The summed E-state index contributed by atoms with van der Waals surface area (Å²) in [6, 6.07) is 11.3. The first-order valence-electron chi connectivity index (χ1n) is 13.6. The molecule has 1 aliphatic heterocycles. The summed E-state index contributed by atoms with van der Waals surface area (Å²) in [5, 5.41) is 9.20. The number of benzene rings is 2. The summed E-state index contributed by atoms with van der Waals surface area (Å²) in [7, 11) is 1.29. The molecule has 41 heavy (non-hydrogen) atoms. The van der Waals surface area contributed by atoms with Crippen LogP contribution in [0.3, 0.4) is 0 Å². The van der Waals surface area contributed by atoms with Crippen LogP contribution in [0.1, 0.15) is 52.7 Å². The lowest BCUT2D eigenvalue weighted by atomic mass is 9.87. The molecule has 0 radical (unpaired) electrons. The molecule has 2 unspecified atom stereocenters. The van der Waals surface area contributed by atoms with Crippen LogP contribution < -0.4 is 18.9 Å². The lowest BCUT2D eigenvalue weighted by Gasteiger charge is -2.26. The Bertz CT molecular complexity index is 1180. The number of esters is 1. The third kappa shape index (κ3) is 9.82. The van der Waals surface area contributed by atoms with E-state index in [0.29, 0.717) is 23.0 Å². The molecule has 0 amide bonds. The van der Waals surface area contributed by atoms with Gasteiger partial charge in [0.25, 0.3) is 0 Å². The minimum absolute atomic E-state index is 0.00969. The van der Waals surface area contributed by atoms with Crippen molar-refractivity contribution in [2.75, 3.05) is 46.8 Å². The molecule has 2 aromatic rings. The minimum atomic E-state index is -1.10. The van der Waals surface area contributed by atoms with E-state index in [1.54, 1.807) is 0 Å². The maximum Gasteiger partial charge on any atom is 0.331 e. The van der Waals surface area contributed by atoms with Crippen LogP contribution in [0.25, 0.3) is 0 Å². The number of hydrogen-bond acceptors (Lipinski definition) is 9. The van der Waals surface area contributed by atoms with Gasteiger partial charge >= 0.3 is 11.9 Å². The van der Waals surface area contributed by atoms with Crippen molar-refractivity contribution in [2.45, 2.75) is 64.6 Å². The Labute approximate surface area is 241 Å². The lowest BCUT2D eigenvalue weighted by molar-refractivity contribution is -0.149. The predicted molar refractivity (Wildman–Crippen MR) is 151 cm³/mol. The second-order valence-electron chi connectivity index (χ2n) is 11.9. The maximum absolute atomic E-state index is 11.8. The van der Waals surface area contributed by atoms with Crippen molar-refractivity contribution in [1.29, 1.82) is 0 Å². The number of carboxylic acid groups (broad SMARTS) is 1. The normalized spacial score (nSPS) is 18.2. The quantitative estimate of drug-likeness (QED) is 0.493. The molecule has 0 aliphatic carbocycles. The molecule has 1 aliphatic rings. The van der Waals surface area contributed by atoms with Gasteiger partial charge in [0.15, 0.2) is 23.0 Å². The van der Waals surface area contributed by atoms with Crippen LogP contribution in [0.2, 0.25) is 0 Å². The summed E-state index contributed by atoms with van der Waals surface area (Å²) in [5.74, 6) is 0.210. The van der Waals surface area contributed by atoms with Crippen LogP contribution in [0, 0.1) is 0 Å². The molecule has 1 heterocycles. The monoisotopic (exact) mass is 574 g/mol. The average molecular weight is 575 g/mol. The molecule has 0 aromatic heterocycles. The van der Waals surface area contributed by atoms with E-state index in [1.807, 2.05) is 36.4 Å². The van der Waals surface area contributed by atoms with Gasteiger partial charge in [-0.25, -0.2) is 9.59 Å². The molecule has 10 heteroatoms. The van der Waals surface area contributed by atoms with Crippen molar-refractivity contribution in [2.24, 2.45) is 0 Å². The number of carbonyl (C=O) groups is 2.